The predicted molar refractivity (Wildman–Crippen MR) is 60.2 cm³/mol. The monoisotopic (exact) mass is 208 g/mol. The molecule has 0 amide bonds. The van der Waals surface area contributed by atoms with E-state index in [4.69, 9.17) is 11.6 Å². The summed E-state index contributed by atoms with van der Waals surface area (Å²) in [6, 6.07) is 6.01. The first-order chi connectivity index (χ1) is 6.77. The molecular weight excluding hydrogens is 196 g/mol. The molecule has 1 aromatic carbocycles. The Kier molecular flexibility index (Phi) is 2.73. The molecule has 1 heterocycles. The van der Waals surface area contributed by atoms with E-state index in [1.807, 2.05) is 19.1 Å². The van der Waals surface area contributed by atoms with E-state index < -0.39 is 0 Å². The highest BCUT2D eigenvalue weighted by atomic mass is 35.5. The van der Waals surface area contributed by atoms with Gasteiger partial charge in [-0.3, -0.25) is 4.99 Å². The molecule has 3 heteroatoms. The van der Waals surface area contributed by atoms with Crippen LogP contribution in [0.1, 0.15) is 11.1 Å². The van der Waals surface area contributed by atoms with Crippen LogP contribution in [0.3, 0.4) is 0 Å². The number of hydrogen-bond donors (Lipinski definition) is 1. The zero-order chi connectivity index (χ0) is 9.97. The third-order valence-corrected chi connectivity index (χ3v) is 2.89. The van der Waals surface area contributed by atoms with Crippen molar-refractivity contribution < 1.29 is 0 Å². The van der Waals surface area contributed by atoms with Crippen molar-refractivity contribution in [2.45, 2.75) is 13.3 Å². The molecule has 1 N–H and O–H groups in total. The fourth-order valence-electron chi connectivity index (χ4n) is 1.59. The maximum atomic E-state index is 6.04. The number of amidine groups is 1. The van der Waals surface area contributed by atoms with Gasteiger partial charge in [-0.15, -0.1) is 0 Å². The second-order valence-corrected chi connectivity index (χ2v) is 3.86. The molecule has 2 rings (SSSR count). The fourth-order valence-corrected chi connectivity index (χ4v) is 1.78. The molecule has 0 saturated carbocycles. The Morgan fingerprint density at radius 2 is 2.36 bits per heavy atom. The van der Waals surface area contributed by atoms with Gasteiger partial charge in [0.15, 0.2) is 0 Å². The molecule has 0 radical (unpaired) electrons. The minimum absolute atomic E-state index is 0.834. The Morgan fingerprint density at radius 3 is 3.07 bits per heavy atom. The van der Waals surface area contributed by atoms with Crippen LogP contribution in [0.25, 0.3) is 0 Å². The van der Waals surface area contributed by atoms with Gasteiger partial charge in [0.2, 0.25) is 0 Å². The highest BCUT2D eigenvalue weighted by molar-refractivity contribution is 6.31. The van der Waals surface area contributed by atoms with Gasteiger partial charge >= 0.3 is 0 Å². The molecule has 1 aliphatic rings. The molecule has 14 heavy (non-hydrogen) atoms. The van der Waals surface area contributed by atoms with Crippen LogP contribution in [0, 0.1) is 6.92 Å². The third kappa shape index (κ3) is 1.90. The van der Waals surface area contributed by atoms with Crippen molar-refractivity contribution in [1.82, 2.24) is 5.32 Å². The number of halogens is 1. The first kappa shape index (κ1) is 9.53. The molecule has 0 fully saturated rings. The van der Waals surface area contributed by atoms with Crippen LogP contribution in [0.5, 0.6) is 0 Å². The van der Waals surface area contributed by atoms with Crippen molar-refractivity contribution in [3.63, 3.8) is 0 Å². The molecule has 1 aromatic rings. The summed E-state index contributed by atoms with van der Waals surface area (Å²) in [7, 11) is 0. The Balaban J connectivity index is 2.20. The Bertz CT molecular complexity index is 372. The number of benzene rings is 1. The summed E-state index contributed by atoms with van der Waals surface area (Å²) in [4.78, 5) is 4.36. The minimum atomic E-state index is 0.834. The Labute approximate surface area is 89.0 Å². The summed E-state index contributed by atoms with van der Waals surface area (Å²) < 4.78 is 0. The van der Waals surface area contributed by atoms with Gasteiger partial charge in [-0.2, -0.15) is 0 Å². The van der Waals surface area contributed by atoms with Gasteiger partial charge in [0.05, 0.1) is 6.54 Å². The maximum Gasteiger partial charge on any atom is 0.101 e. The van der Waals surface area contributed by atoms with Crippen LogP contribution in [-0.2, 0) is 6.42 Å². The number of nitrogens with one attached hydrogen (secondary N) is 1. The van der Waals surface area contributed by atoms with Crippen molar-refractivity contribution in [1.29, 1.82) is 0 Å². The smallest absolute Gasteiger partial charge is 0.101 e. The minimum Gasteiger partial charge on any atom is -0.372 e. The molecule has 0 bridgehead atoms. The molecule has 74 valence electrons. The quantitative estimate of drug-likeness (QED) is 0.792. The molecule has 0 unspecified atom stereocenters. The zero-order valence-electron chi connectivity index (χ0n) is 8.18. The highest BCUT2D eigenvalue weighted by Crippen LogP contribution is 2.19. The number of nitrogens with zero attached hydrogens (tertiary/aromatic N) is 1. The lowest BCUT2D eigenvalue weighted by molar-refractivity contribution is 0.953. The van der Waals surface area contributed by atoms with Gasteiger partial charge in [0.1, 0.15) is 5.84 Å². The van der Waals surface area contributed by atoms with Gasteiger partial charge in [0, 0.05) is 18.0 Å². The van der Waals surface area contributed by atoms with E-state index in [-0.39, 0.29) is 0 Å². The number of rotatable bonds is 2. The Hall–Kier alpha value is -1.02. The van der Waals surface area contributed by atoms with Crippen molar-refractivity contribution in [3.05, 3.63) is 34.3 Å². The van der Waals surface area contributed by atoms with E-state index in [9.17, 15) is 0 Å². The zero-order valence-corrected chi connectivity index (χ0v) is 8.93. The largest absolute Gasteiger partial charge is 0.372 e. The van der Waals surface area contributed by atoms with E-state index in [2.05, 4.69) is 16.4 Å². The number of aliphatic imine (C=N–C) groups is 1. The van der Waals surface area contributed by atoms with Crippen molar-refractivity contribution in [2.75, 3.05) is 13.1 Å². The van der Waals surface area contributed by atoms with Gasteiger partial charge in [0.25, 0.3) is 0 Å². The first-order valence-electron chi connectivity index (χ1n) is 4.78. The molecule has 0 aliphatic carbocycles. The fraction of sp³-hybridized carbons (Fsp3) is 0.364. The summed E-state index contributed by atoms with van der Waals surface area (Å²) in [5.74, 6) is 1.08. The van der Waals surface area contributed by atoms with Crippen LogP contribution < -0.4 is 5.32 Å². The molecule has 2 nitrogen and oxygen atoms in total. The normalized spacial score (nSPS) is 15.1. The van der Waals surface area contributed by atoms with Crippen molar-refractivity contribution >= 4 is 17.4 Å². The lowest BCUT2D eigenvalue weighted by Gasteiger charge is -2.07. The van der Waals surface area contributed by atoms with E-state index in [0.29, 0.717) is 0 Å². The maximum absolute atomic E-state index is 6.04. The van der Waals surface area contributed by atoms with Gasteiger partial charge in [-0.25, -0.2) is 0 Å². The average molecular weight is 209 g/mol. The lowest BCUT2D eigenvalue weighted by Crippen LogP contribution is -2.20. The molecule has 0 spiro atoms. The van der Waals surface area contributed by atoms with Crippen LogP contribution in [0.2, 0.25) is 5.02 Å². The van der Waals surface area contributed by atoms with Gasteiger partial charge in [-0.1, -0.05) is 23.7 Å². The van der Waals surface area contributed by atoms with E-state index >= 15 is 0 Å². The van der Waals surface area contributed by atoms with Crippen molar-refractivity contribution in [3.8, 4) is 0 Å². The molecular formula is C11H13ClN2. The molecule has 1 aliphatic heterocycles. The third-order valence-electron chi connectivity index (χ3n) is 2.48. The SMILES string of the molecule is Cc1c(Cl)cccc1CC1=NCCN1. The number of hydrogen-bond acceptors (Lipinski definition) is 2. The molecule has 0 aromatic heterocycles. The summed E-state index contributed by atoms with van der Waals surface area (Å²) in [6.07, 6.45) is 0.867. The van der Waals surface area contributed by atoms with E-state index in [0.717, 1.165) is 35.9 Å². The van der Waals surface area contributed by atoms with Crippen LogP contribution >= 0.6 is 11.6 Å². The second kappa shape index (κ2) is 4.01. The lowest BCUT2D eigenvalue weighted by atomic mass is 10.1. The summed E-state index contributed by atoms with van der Waals surface area (Å²) >= 11 is 6.04. The highest BCUT2D eigenvalue weighted by Gasteiger charge is 2.08. The summed E-state index contributed by atoms with van der Waals surface area (Å²) in [5.41, 5.74) is 2.41. The topological polar surface area (TPSA) is 24.4 Å². The van der Waals surface area contributed by atoms with E-state index in [1.165, 1.54) is 5.56 Å². The predicted octanol–water partition coefficient (Wildman–Crippen LogP) is 2.19. The van der Waals surface area contributed by atoms with Gasteiger partial charge in [-0.05, 0) is 24.1 Å². The molecule has 0 saturated heterocycles. The molecule has 0 atom stereocenters. The summed E-state index contributed by atoms with van der Waals surface area (Å²) in [6.45, 7) is 3.91. The first-order valence-corrected chi connectivity index (χ1v) is 5.16. The standard InChI is InChI=1S/C11H13ClN2/c1-8-9(3-2-4-10(8)12)7-11-13-5-6-14-11/h2-4H,5-7H2,1H3,(H,13,14). The Morgan fingerprint density at radius 1 is 1.50 bits per heavy atom. The van der Waals surface area contributed by atoms with Crippen LogP contribution in [-0.4, -0.2) is 18.9 Å². The van der Waals surface area contributed by atoms with Crippen molar-refractivity contribution in [2.24, 2.45) is 4.99 Å². The van der Waals surface area contributed by atoms with E-state index in [1.54, 1.807) is 0 Å². The second-order valence-electron chi connectivity index (χ2n) is 3.46. The van der Waals surface area contributed by atoms with Crippen LogP contribution in [0.4, 0.5) is 0 Å². The summed E-state index contributed by atoms with van der Waals surface area (Å²) in [5, 5.41) is 4.09. The average Bonchev–Trinajstić information content (AvgIpc) is 2.66. The van der Waals surface area contributed by atoms with Crippen LogP contribution in [0.15, 0.2) is 23.2 Å². The van der Waals surface area contributed by atoms with Gasteiger partial charge < -0.3 is 5.32 Å².